The van der Waals surface area contributed by atoms with Gasteiger partial charge in [-0.2, -0.15) is 13.2 Å². The maximum absolute atomic E-state index is 13.8. The van der Waals surface area contributed by atoms with Gasteiger partial charge in [0.2, 0.25) is 5.91 Å². The Balaban J connectivity index is 1.96. The fourth-order valence-corrected chi connectivity index (χ4v) is 4.00. The Hall–Kier alpha value is -1.95. The summed E-state index contributed by atoms with van der Waals surface area (Å²) < 4.78 is 41.3. The number of alkyl halides is 3. The number of allylic oxidation sites excluding steroid dienone is 2. The van der Waals surface area contributed by atoms with Crippen LogP contribution < -0.4 is 10.2 Å². The van der Waals surface area contributed by atoms with Crippen LogP contribution in [0.1, 0.15) is 58.4 Å². The summed E-state index contributed by atoms with van der Waals surface area (Å²) in [7, 11) is 0. The molecule has 0 fully saturated rings. The minimum Gasteiger partial charge on any atom is -0.347 e. The second-order valence-electron chi connectivity index (χ2n) is 8.85. The topological polar surface area (TPSA) is 32.3 Å². The van der Waals surface area contributed by atoms with Crippen LogP contribution in [0, 0.1) is 5.41 Å². The zero-order chi connectivity index (χ0) is 21.4. The lowest BCUT2D eigenvalue weighted by atomic mass is 9.89. The minimum absolute atomic E-state index is 0.0930. The molecule has 0 atom stereocenters. The normalized spacial score (nSPS) is 17.4. The van der Waals surface area contributed by atoms with E-state index in [1.165, 1.54) is 17.2 Å². The van der Waals surface area contributed by atoms with Crippen LogP contribution >= 0.6 is 11.6 Å². The van der Waals surface area contributed by atoms with Crippen LogP contribution in [0.25, 0.3) is 0 Å². The molecule has 1 amide bonds. The number of amides is 1. The minimum atomic E-state index is -4.64. The SMILES string of the molecule is CC(C)(C)CC(=O)Nc1c(Cl)cc(N2C=C3CCCC=C3CC2)cc1C(F)(F)F. The van der Waals surface area contributed by atoms with Gasteiger partial charge < -0.3 is 10.2 Å². The Morgan fingerprint density at radius 1 is 1.17 bits per heavy atom. The standard InChI is InChI=1S/C22H26ClF3N2O/c1-21(2,3)12-19(29)27-20-17(22(24,25)26)10-16(11-18(20)23)28-9-8-14-6-4-5-7-15(14)13-28/h6,10-11,13H,4-5,7-9,12H2,1-3H3,(H,27,29). The van der Waals surface area contributed by atoms with E-state index in [1.54, 1.807) is 0 Å². The average molecular weight is 427 g/mol. The number of halogens is 4. The summed E-state index contributed by atoms with van der Waals surface area (Å²) in [6, 6.07) is 2.57. The highest BCUT2D eigenvalue weighted by Crippen LogP contribution is 2.43. The molecule has 1 N–H and O–H groups in total. The molecule has 1 aromatic rings. The van der Waals surface area contributed by atoms with Gasteiger partial charge in [0.05, 0.1) is 16.3 Å². The highest BCUT2D eigenvalue weighted by molar-refractivity contribution is 6.34. The third-order valence-corrected chi connectivity index (χ3v) is 5.35. The average Bonchev–Trinajstić information content (AvgIpc) is 2.60. The van der Waals surface area contributed by atoms with E-state index < -0.39 is 17.6 Å². The first-order valence-corrected chi connectivity index (χ1v) is 10.2. The summed E-state index contributed by atoms with van der Waals surface area (Å²) in [4.78, 5) is 14.1. The molecule has 7 heteroatoms. The lowest BCUT2D eigenvalue weighted by Gasteiger charge is -2.31. The molecular weight excluding hydrogens is 401 g/mol. The zero-order valence-electron chi connectivity index (χ0n) is 16.9. The van der Waals surface area contributed by atoms with Crippen molar-refractivity contribution in [1.82, 2.24) is 0 Å². The Labute approximate surface area is 174 Å². The molecule has 2 aliphatic rings. The molecule has 1 aliphatic carbocycles. The molecule has 0 aromatic heterocycles. The van der Waals surface area contributed by atoms with E-state index in [0.717, 1.165) is 31.7 Å². The van der Waals surface area contributed by atoms with Crippen molar-refractivity contribution in [1.29, 1.82) is 0 Å². The van der Waals surface area contributed by atoms with E-state index in [0.29, 0.717) is 12.2 Å². The zero-order valence-corrected chi connectivity index (χ0v) is 17.7. The van der Waals surface area contributed by atoms with Crippen molar-refractivity contribution in [2.24, 2.45) is 5.41 Å². The summed E-state index contributed by atoms with van der Waals surface area (Å²) in [6.45, 7) is 6.14. The highest BCUT2D eigenvalue weighted by Gasteiger charge is 2.36. The molecule has 0 saturated heterocycles. The van der Waals surface area contributed by atoms with Crippen LogP contribution in [0.3, 0.4) is 0 Å². The summed E-state index contributed by atoms with van der Waals surface area (Å²) >= 11 is 6.24. The number of fused-ring (bicyclic) bond motifs is 1. The van der Waals surface area contributed by atoms with Crippen LogP contribution in [0.15, 0.2) is 35.6 Å². The highest BCUT2D eigenvalue weighted by atomic mass is 35.5. The second kappa shape index (κ2) is 8.05. The van der Waals surface area contributed by atoms with Crippen molar-refractivity contribution in [3.8, 4) is 0 Å². The lowest BCUT2D eigenvalue weighted by Crippen LogP contribution is -2.26. The predicted molar refractivity (Wildman–Crippen MR) is 111 cm³/mol. The van der Waals surface area contributed by atoms with Crippen molar-refractivity contribution in [2.75, 3.05) is 16.8 Å². The molecule has 0 saturated carbocycles. The third kappa shape index (κ3) is 5.35. The van der Waals surface area contributed by atoms with E-state index in [2.05, 4.69) is 11.4 Å². The summed E-state index contributed by atoms with van der Waals surface area (Å²) in [5.41, 5.74) is 1.20. The molecule has 158 valence electrons. The van der Waals surface area contributed by atoms with Gasteiger partial charge in [-0.3, -0.25) is 4.79 Å². The molecule has 0 radical (unpaired) electrons. The molecule has 1 aromatic carbocycles. The van der Waals surface area contributed by atoms with E-state index >= 15 is 0 Å². The number of carbonyl (C=O) groups is 1. The predicted octanol–water partition coefficient (Wildman–Crippen LogP) is 6.94. The molecule has 29 heavy (non-hydrogen) atoms. The largest absolute Gasteiger partial charge is 0.418 e. The number of rotatable bonds is 3. The van der Waals surface area contributed by atoms with Crippen LogP contribution in [-0.4, -0.2) is 12.5 Å². The van der Waals surface area contributed by atoms with Gasteiger partial charge in [0.1, 0.15) is 0 Å². The first kappa shape index (κ1) is 21.8. The van der Waals surface area contributed by atoms with Gasteiger partial charge in [-0.25, -0.2) is 0 Å². The molecular formula is C22H26ClF3N2O. The number of benzene rings is 1. The first-order valence-electron chi connectivity index (χ1n) is 9.81. The van der Waals surface area contributed by atoms with E-state index in [4.69, 9.17) is 11.6 Å². The summed E-state index contributed by atoms with van der Waals surface area (Å²) in [5.74, 6) is -0.491. The van der Waals surface area contributed by atoms with Crippen LogP contribution in [0.4, 0.5) is 24.5 Å². The monoisotopic (exact) mass is 426 g/mol. The first-order chi connectivity index (χ1) is 13.4. The maximum atomic E-state index is 13.8. The molecule has 1 aliphatic heterocycles. The van der Waals surface area contributed by atoms with Crippen molar-refractivity contribution < 1.29 is 18.0 Å². The van der Waals surface area contributed by atoms with Gasteiger partial charge in [0.15, 0.2) is 0 Å². The number of nitrogens with one attached hydrogen (secondary N) is 1. The van der Waals surface area contributed by atoms with Gasteiger partial charge in [-0.1, -0.05) is 38.4 Å². The second-order valence-corrected chi connectivity index (χ2v) is 9.26. The summed E-state index contributed by atoms with van der Waals surface area (Å²) in [6.07, 6.45) is 3.44. The van der Waals surface area contributed by atoms with E-state index in [-0.39, 0.29) is 22.5 Å². The van der Waals surface area contributed by atoms with E-state index in [9.17, 15) is 18.0 Å². The molecule has 0 unspecified atom stereocenters. The smallest absolute Gasteiger partial charge is 0.347 e. The maximum Gasteiger partial charge on any atom is 0.418 e. The van der Waals surface area contributed by atoms with Crippen LogP contribution in [-0.2, 0) is 11.0 Å². The Morgan fingerprint density at radius 2 is 1.90 bits per heavy atom. The Morgan fingerprint density at radius 3 is 2.55 bits per heavy atom. The molecule has 0 spiro atoms. The lowest BCUT2D eigenvalue weighted by molar-refractivity contribution is -0.136. The third-order valence-electron chi connectivity index (χ3n) is 5.05. The van der Waals surface area contributed by atoms with Crippen molar-refractivity contribution >= 4 is 28.9 Å². The van der Waals surface area contributed by atoms with Crippen LogP contribution in [0.5, 0.6) is 0 Å². The van der Waals surface area contributed by atoms with Gasteiger partial charge >= 0.3 is 6.18 Å². The number of anilines is 2. The molecule has 1 heterocycles. The molecule has 3 nitrogen and oxygen atoms in total. The summed E-state index contributed by atoms with van der Waals surface area (Å²) in [5, 5.41) is 2.27. The van der Waals surface area contributed by atoms with Gasteiger partial charge in [-0.15, -0.1) is 0 Å². The fraction of sp³-hybridized carbons (Fsp3) is 0.500. The fourth-order valence-electron chi connectivity index (χ4n) is 3.74. The molecule has 0 bridgehead atoms. The van der Waals surface area contributed by atoms with Crippen molar-refractivity contribution in [3.05, 3.63) is 46.1 Å². The Bertz CT molecular complexity index is 866. The van der Waals surface area contributed by atoms with Crippen molar-refractivity contribution in [3.63, 3.8) is 0 Å². The molecule has 3 rings (SSSR count). The Kier molecular flexibility index (Phi) is 6.04. The van der Waals surface area contributed by atoms with Crippen LogP contribution in [0.2, 0.25) is 5.02 Å². The number of carbonyl (C=O) groups excluding carboxylic acids is 1. The number of hydrogen-bond acceptors (Lipinski definition) is 2. The van der Waals surface area contributed by atoms with Gasteiger partial charge in [0.25, 0.3) is 0 Å². The van der Waals surface area contributed by atoms with Gasteiger partial charge in [-0.05, 0) is 54.4 Å². The number of nitrogens with zero attached hydrogens (tertiary/aromatic N) is 1. The quantitative estimate of drug-likeness (QED) is 0.567. The van der Waals surface area contributed by atoms with E-state index in [1.807, 2.05) is 31.9 Å². The van der Waals surface area contributed by atoms with Gasteiger partial charge in [0, 0.05) is 24.9 Å². The van der Waals surface area contributed by atoms with Crippen molar-refractivity contribution in [2.45, 2.75) is 59.1 Å². The number of hydrogen-bond donors (Lipinski definition) is 1.